The highest BCUT2D eigenvalue weighted by Gasteiger charge is 2.39. The maximum atomic E-state index is 12.7. The van der Waals surface area contributed by atoms with Gasteiger partial charge < -0.3 is 0 Å². The molecule has 0 spiro atoms. The largest absolute Gasteiger partial charge is 0.435 e. The van der Waals surface area contributed by atoms with Gasteiger partial charge in [-0.05, 0) is 12.1 Å². The van der Waals surface area contributed by atoms with E-state index in [1.165, 1.54) is 7.05 Å². The first-order valence-electron chi connectivity index (χ1n) is 5.25. The summed E-state index contributed by atoms with van der Waals surface area (Å²) < 4.78 is 39.2. The number of aromatic nitrogens is 2. The number of aryl methyl sites for hydroxylation is 1. The van der Waals surface area contributed by atoms with Gasteiger partial charge >= 0.3 is 6.18 Å². The molecule has 0 atom stereocenters. The molecule has 0 fully saturated rings. The number of hydrogen-bond acceptors (Lipinski definition) is 3. The maximum absolute atomic E-state index is 12.7. The molecule has 0 unspecified atom stereocenters. The molecule has 2 aromatic rings. The molecule has 1 aromatic heterocycles. The van der Waals surface area contributed by atoms with Gasteiger partial charge in [0.2, 0.25) is 0 Å². The van der Waals surface area contributed by atoms with Gasteiger partial charge in [-0.2, -0.15) is 18.3 Å². The van der Waals surface area contributed by atoms with Crippen LogP contribution in [0.3, 0.4) is 0 Å². The molecule has 0 N–H and O–H groups in total. The highest BCUT2D eigenvalue weighted by atomic mass is 32.2. The van der Waals surface area contributed by atoms with Gasteiger partial charge in [-0.1, -0.05) is 30.0 Å². The van der Waals surface area contributed by atoms with Gasteiger partial charge in [-0.25, -0.2) is 0 Å². The first-order chi connectivity index (χ1) is 8.93. The van der Waals surface area contributed by atoms with Gasteiger partial charge in [0.1, 0.15) is 5.03 Å². The molecular weight excluding hydrogens is 277 g/mol. The van der Waals surface area contributed by atoms with Crippen molar-refractivity contribution >= 4 is 18.0 Å². The molecular formula is C12H9F3N2OS. The lowest BCUT2D eigenvalue weighted by molar-refractivity contribution is -0.141. The first-order valence-corrected chi connectivity index (χ1v) is 6.07. The van der Waals surface area contributed by atoms with E-state index >= 15 is 0 Å². The fourth-order valence-corrected chi connectivity index (χ4v) is 2.51. The summed E-state index contributed by atoms with van der Waals surface area (Å²) in [6.45, 7) is 0. The van der Waals surface area contributed by atoms with Gasteiger partial charge in [0, 0.05) is 11.9 Å². The van der Waals surface area contributed by atoms with Crippen LogP contribution in [0.4, 0.5) is 13.2 Å². The van der Waals surface area contributed by atoms with E-state index in [0.717, 1.165) is 21.3 Å². The maximum Gasteiger partial charge on any atom is 0.435 e. The Morgan fingerprint density at radius 2 is 1.89 bits per heavy atom. The molecule has 0 saturated carbocycles. The van der Waals surface area contributed by atoms with Crippen LogP contribution in [0.2, 0.25) is 0 Å². The molecule has 0 saturated heterocycles. The van der Waals surface area contributed by atoms with E-state index in [2.05, 4.69) is 5.10 Å². The standard InChI is InChI=1S/C12H9F3N2OS/c1-17-11(19-8-5-3-2-4-6-8)9(7-18)10(16-17)12(13,14)15/h2-7H,1H3. The molecule has 19 heavy (non-hydrogen) atoms. The summed E-state index contributed by atoms with van der Waals surface area (Å²) in [7, 11) is 1.38. The Bertz CT molecular complexity index is 593. The quantitative estimate of drug-likeness (QED) is 0.811. The van der Waals surface area contributed by atoms with Crippen LogP contribution in [-0.2, 0) is 13.2 Å². The summed E-state index contributed by atoms with van der Waals surface area (Å²) >= 11 is 1.07. The molecule has 0 aliphatic rings. The van der Waals surface area contributed by atoms with Crippen molar-refractivity contribution < 1.29 is 18.0 Å². The Morgan fingerprint density at radius 1 is 1.26 bits per heavy atom. The zero-order valence-corrected chi connectivity index (χ0v) is 10.6. The monoisotopic (exact) mass is 286 g/mol. The van der Waals surface area contributed by atoms with Gasteiger partial charge in [0.05, 0.1) is 5.56 Å². The second-order valence-corrected chi connectivity index (χ2v) is 4.78. The van der Waals surface area contributed by atoms with E-state index in [9.17, 15) is 18.0 Å². The van der Waals surface area contributed by atoms with Crippen LogP contribution in [-0.4, -0.2) is 16.1 Å². The first kappa shape index (κ1) is 13.7. The fraction of sp³-hybridized carbons (Fsp3) is 0.167. The minimum absolute atomic E-state index is 0.175. The Hall–Kier alpha value is -1.76. The third-order valence-corrected chi connectivity index (χ3v) is 3.56. The number of nitrogens with zero attached hydrogens (tertiary/aromatic N) is 2. The summed E-state index contributed by atoms with van der Waals surface area (Å²) in [4.78, 5) is 11.7. The van der Waals surface area contributed by atoms with Gasteiger partial charge in [0.25, 0.3) is 0 Å². The van der Waals surface area contributed by atoms with Crippen LogP contribution in [0, 0.1) is 0 Å². The lowest BCUT2D eigenvalue weighted by atomic mass is 10.2. The number of halogens is 3. The molecule has 7 heteroatoms. The van der Waals surface area contributed by atoms with E-state index in [4.69, 9.17) is 0 Å². The van der Waals surface area contributed by atoms with Crippen molar-refractivity contribution in [3.63, 3.8) is 0 Å². The van der Waals surface area contributed by atoms with Crippen molar-refractivity contribution in [1.29, 1.82) is 0 Å². The number of rotatable bonds is 3. The summed E-state index contributed by atoms with van der Waals surface area (Å²) in [6.07, 6.45) is -4.44. The summed E-state index contributed by atoms with van der Waals surface area (Å²) in [5, 5.41) is 3.56. The molecule has 0 aliphatic heterocycles. The Kier molecular flexibility index (Phi) is 3.66. The molecule has 0 radical (unpaired) electrons. The van der Waals surface area contributed by atoms with Crippen molar-refractivity contribution in [3.05, 3.63) is 41.6 Å². The average Bonchev–Trinajstić information content (AvgIpc) is 2.68. The van der Waals surface area contributed by atoms with Gasteiger partial charge in [-0.3, -0.25) is 9.48 Å². The van der Waals surface area contributed by atoms with Crippen molar-refractivity contribution in [2.75, 3.05) is 0 Å². The summed E-state index contributed by atoms with van der Waals surface area (Å²) in [5.41, 5.74) is -1.58. The van der Waals surface area contributed by atoms with Crippen molar-refractivity contribution in [2.24, 2.45) is 7.05 Å². The summed E-state index contributed by atoms with van der Waals surface area (Å²) in [5.74, 6) is 0. The average molecular weight is 286 g/mol. The van der Waals surface area contributed by atoms with E-state index in [1.807, 2.05) is 0 Å². The van der Waals surface area contributed by atoms with Crippen LogP contribution in [0.15, 0.2) is 40.3 Å². The second-order valence-electron chi connectivity index (χ2n) is 3.72. The van der Waals surface area contributed by atoms with E-state index < -0.39 is 17.4 Å². The van der Waals surface area contributed by atoms with Crippen LogP contribution in [0.1, 0.15) is 16.1 Å². The van der Waals surface area contributed by atoms with Gasteiger partial charge in [0.15, 0.2) is 12.0 Å². The number of carbonyl (C=O) groups is 1. The number of alkyl halides is 3. The van der Waals surface area contributed by atoms with Crippen molar-refractivity contribution in [2.45, 2.75) is 16.1 Å². The molecule has 1 heterocycles. The predicted molar refractivity (Wildman–Crippen MR) is 64.2 cm³/mol. The molecule has 0 aliphatic carbocycles. The number of benzene rings is 1. The molecule has 1 aromatic carbocycles. The smallest absolute Gasteiger partial charge is 0.298 e. The Labute approximate surface area is 111 Å². The van der Waals surface area contributed by atoms with Crippen LogP contribution in [0.25, 0.3) is 0 Å². The van der Waals surface area contributed by atoms with Crippen LogP contribution in [0.5, 0.6) is 0 Å². The third-order valence-electron chi connectivity index (χ3n) is 2.37. The molecule has 0 bridgehead atoms. The number of hydrogen-bond donors (Lipinski definition) is 0. The Morgan fingerprint density at radius 3 is 2.42 bits per heavy atom. The summed E-state index contributed by atoms with van der Waals surface area (Å²) in [6, 6.07) is 8.84. The lowest BCUT2D eigenvalue weighted by Crippen LogP contribution is -2.09. The highest BCUT2D eigenvalue weighted by molar-refractivity contribution is 7.99. The van der Waals surface area contributed by atoms with Crippen LogP contribution >= 0.6 is 11.8 Å². The normalized spacial score (nSPS) is 11.6. The second kappa shape index (κ2) is 5.08. The predicted octanol–water partition coefficient (Wildman–Crippen LogP) is 3.40. The van der Waals surface area contributed by atoms with E-state index in [0.29, 0.717) is 0 Å². The topological polar surface area (TPSA) is 34.9 Å². The van der Waals surface area contributed by atoms with E-state index in [-0.39, 0.29) is 11.3 Å². The molecule has 2 rings (SSSR count). The highest BCUT2D eigenvalue weighted by Crippen LogP contribution is 2.37. The molecule has 3 nitrogen and oxygen atoms in total. The van der Waals surface area contributed by atoms with Crippen molar-refractivity contribution in [3.8, 4) is 0 Å². The number of aldehydes is 1. The fourth-order valence-electron chi connectivity index (χ4n) is 1.56. The Balaban J connectivity index is 2.46. The van der Waals surface area contributed by atoms with Crippen LogP contribution < -0.4 is 0 Å². The lowest BCUT2D eigenvalue weighted by Gasteiger charge is -2.03. The SMILES string of the molecule is Cn1nc(C(F)(F)F)c(C=O)c1Sc1ccccc1. The zero-order valence-electron chi connectivity index (χ0n) is 9.81. The van der Waals surface area contributed by atoms with Crippen molar-refractivity contribution in [1.82, 2.24) is 9.78 Å². The van der Waals surface area contributed by atoms with Gasteiger partial charge in [-0.15, -0.1) is 0 Å². The third kappa shape index (κ3) is 2.81. The molecule has 100 valence electrons. The minimum Gasteiger partial charge on any atom is -0.298 e. The minimum atomic E-state index is -4.64. The zero-order chi connectivity index (χ0) is 14.0. The molecule has 0 amide bonds. The van der Waals surface area contributed by atoms with E-state index in [1.54, 1.807) is 30.3 Å². The number of carbonyl (C=O) groups excluding carboxylic acids is 1.